The third-order valence-electron chi connectivity index (χ3n) is 3.75. The summed E-state index contributed by atoms with van der Waals surface area (Å²) in [5, 5.41) is 3.40. The topological polar surface area (TPSA) is 32.3 Å². The number of amides is 1. The molecule has 0 saturated carbocycles. The van der Waals surface area contributed by atoms with E-state index in [1.807, 2.05) is 29.2 Å². The van der Waals surface area contributed by atoms with Gasteiger partial charge in [-0.15, -0.1) is 0 Å². The maximum absolute atomic E-state index is 12.5. The monoisotopic (exact) mass is 242 g/mol. The van der Waals surface area contributed by atoms with Gasteiger partial charge in [0.1, 0.15) is 0 Å². The minimum absolute atomic E-state index is 0.167. The summed E-state index contributed by atoms with van der Waals surface area (Å²) in [6, 6.07) is 8.10. The fourth-order valence-electron chi connectivity index (χ4n) is 2.89. The van der Waals surface area contributed by atoms with Crippen LogP contribution in [-0.2, 0) is 0 Å². The quantitative estimate of drug-likeness (QED) is 0.768. The van der Waals surface area contributed by atoms with Crippen LogP contribution in [0.3, 0.4) is 0 Å². The van der Waals surface area contributed by atoms with Crippen LogP contribution in [0.4, 0.5) is 5.69 Å². The zero-order valence-corrected chi connectivity index (χ0v) is 10.6. The Labute approximate surface area is 107 Å². The molecule has 1 unspecified atom stereocenters. The van der Waals surface area contributed by atoms with Gasteiger partial charge in [0.2, 0.25) is 0 Å². The van der Waals surface area contributed by atoms with E-state index in [0.29, 0.717) is 6.04 Å². The van der Waals surface area contributed by atoms with Crippen molar-refractivity contribution in [1.82, 2.24) is 4.90 Å². The summed E-state index contributed by atoms with van der Waals surface area (Å²) >= 11 is 0. The van der Waals surface area contributed by atoms with Crippen LogP contribution in [-0.4, -0.2) is 29.9 Å². The summed E-state index contributed by atoms with van der Waals surface area (Å²) in [4.78, 5) is 14.5. The number of carbonyl (C=O) groups is 1. The Balaban J connectivity index is 1.93. The smallest absolute Gasteiger partial charge is 0.256 e. The van der Waals surface area contributed by atoms with Gasteiger partial charge >= 0.3 is 0 Å². The minimum atomic E-state index is 0.167. The molecule has 3 rings (SSSR count). The van der Waals surface area contributed by atoms with Crippen molar-refractivity contribution in [3.63, 3.8) is 0 Å². The fourth-order valence-corrected chi connectivity index (χ4v) is 2.89. The molecule has 1 saturated heterocycles. The summed E-state index contributed by atoms with van der Waals surface area (Å²) < 4.78 is 0. The Kier molecular flexibility index (Phi) is 2.82. The Morgan fingerprint density at radius 1 is 1.44 bits per heavy atom. The first-order valence-electron chi connectivity index (χ1n) is 6.61. The highest BCUT2D eigenvalue weighted by Crippen LogP contribution is 2.30. The summed E-state index contributed by atoms with van der Waals surface area (Å²) in [6.07, 6.45) is 4.32. The highest BCUT2D eigenvalue weighted by Gasteiger charge is 2.34. The van der Waals surface area contributed by atoms with Crippen molar-refractivity contribution in [3.05, 3.63) is 41.5 Å². The number of rotatable bonds is 1. The van der Waals surface area contributed by atoms with E-state index >= 15 is 0 Å². The van der Waals surface area contributed by atoms with E-state index in [-0.39, 0.29) is 5.91 Å². The first kappa shape index (κ1) is 11.3. The van der Waals surface area contributed by atoms with Gasteiger partial charge in [-0.1, -0.05) is 30.7 Å². The van der Waals surface area contributed by atoms with Crippen molar-refractivity contribution in [2.75, 3.05) is 18.4 Å². The normalized spacial score (nSPS) is 24.5. The lowest BCUT2D eigenvalue weighted by Crippen LogP contribution is -2.36. The van der Waals surface area contributed by atoms with E-state index in [2.05, 4.69) is 18.3 Å². The van der Waals surface area contributed by atoms with Crippen LogP contribution < -0.4 is 5.32 Å². The van der Waals surface area contributed by atoms with Gasteiger partial charge in [-0.25, -0.2) is 0 Å². The summed E-state index contributed by atoms with van der Waals surface area (Å²) in [6.45, 7) is 3.79. The number of hydrogen-bond donors (Lipinski definition) is 1. The van der Waals surface area contributed by atoms with Crippen LogP contribution >= 0.6 is 0 Å². The van der Waals surface area contributed by atoms with Gasteiger partial charge in [0.15, 0.2) is 0 Å². The summed E-state index contributed by atoms with van der Waals surface area (Å²) in [5.74, 6) is 0.167. The lowest BCUT2D eigenvalue weighted by Gasteiger charge is -2.20. The molecule has 94 valence electrons. The number of carbonyl (C=O) groups excluding carboxylic acids is 1. The van der Waals surface area contributed by atoms with Crippen molar-refractivity contribution in [1.29, 1.82) is 0 Å². The van der Waals surface area contributed by atoms with Crippen LogP contribution in [0.2, 0.25) is 0 Å². The SMILES string of the molecule is CCC=C1CC2CNc3ccccc3C(=O)N2C1. The van der Waals surface area contributed by atoms with Crippen LogP contribution in [0.25, 0.3) is 0 Å². The predicted molar refractivity (Wildman–Crippen MR) is 72.7 cm³/mol. The summed E-state index contributed by atoms with van der Waals surface area (Å²) in [5.41, 5.74) is 3.17. The number of nitrogens with zero attached hydrogens (tertiary/aromatic N) is 1. The Hall–Kier alpha value is -1.77. The number of para-hydroxylation sites is 1. The second-order valence-corrected chi connectivity index (χ2v) is 4.99. The lowest BCUT2D eigenvalue weighted by molar-refractivity contribution is 0.0753. The fraction of sp³-hybridized carbons (Fsp3) is 0.400. The molecular formula is C15H18N2O. The molecule has 0 aliphatic carbocycles. The van der Waals surface area contributed by atoms with E-state index in [1.165, 1.54) is 5.57 Å². The summed E-state index contributed by atoms with van der Waals surface area (Å²) in [7, 11) is 0. The molecule has 2 aliphatic rings. The van der Waals surface area contributed by atoms with Crippen LogP contribution in [0, 0.1) is 0 Å². The number of benzene rings is 1. The van der Waals surface area contributed by atoms with Crippen molar-refractivity contribution in [2.45, 2.75) is 25.8 Å². The molecule has 18 heavy (non-hydrogen) atoms. The number of anilines is 1. The van der Waals surface area contributed by atoms with E-state index in [4.69, 9.17) is 0 Å². The van der Waals surface area contributed by atoms with Crippen molar-refractivity contribution < 1.29 is 4.79 Å². The van der Waals surface area contributed by atoms with Crippen molar-refractivity contribution >= 4 is 11.6 Å². The van der Waals surface area contributed by atoms with Gasteiger partial charge < -0.3 is 10.2 Å². The van der Waals surface area contributed by atoms with E-state index in [9.17, 15) is 4.79 Å². The van der Waals surface area contributed by atoms with Gasteiger partial charge in [0.25, 0.3) is 5.91 Å². The third kappa shape index (κ3) is 1.80. The number of allylic oxidation sites excluding steroid dienone is 1. The van der Waals surface area contributed by atoms with Crippen LogP contribution in [0.1, 0.15) is 30.1 Å². The Morgan fingerprint density at radius 3 is 3.11 bits per heavy atom. The van der Waals surface area contributed by atoms with Crippen molar-refractivity contribution in [3.8, 4) is 0 Å². The van der Waals surface area contributed by atoms with Crippen LogP contribution in [0.5, 0.6) is 0 Å². The second kappa shape index (κ2) is 4.48. The number of nitrogens with one attached hydrogen (secondary N) is 1. The van der Waals surface area contributed by atoms with Crippen LogP contribution in [0.15, 0.2) is 35.9 Å². The highest BCUT2D eigenvalue weighted by atomic mass is 16.2. The molecule has 0 spiro atoms. The molecule has 3 nitrogen and oxygen atoms in total. The average molecular weight is 242 g/mol. The minimum Gasteiger partial charge on any atom is -0.382 e. The Bertz CT molecular complexity index is 507. The van der Waals surface area contributed by atoms with Gasteiger partial charge in [-0.2, -0.15) is 0 Å². The molecule has 1 fully saturated rings. The molecule has 2 heterocycles. The maximum atomic E-state index is 12.5. The predicted octanol–water partition coefficient (Wildman–Crippen LogP) is 2.66. The van der Waals surface area contributed by atoms with E-state index in [0.717, 1.165) is 37.2 Å². The average Bonchev–Trinajstić information content (AvgIpc) is 2.74. The number of hydrogen-bond acceptors (Lipinski definition) is 2. The molecule has 1 N–H and O–H groups in total. The van der Waals surface area contributed by atoms with Gasteiger partial charge in [-0.05, 0) is 25.0 Å². The standard InChI is InChI=1S/C15H18N2O/c1-2-5-11-8-12-9-16-14-7-4-3-6-13(14)15(18)17(12)10-11/h3-7,12,16H,2,8-10H2,1H3. The first-order chi connectivity index (χ1) is 8.79. The van der Waals surface area contributed by atoms with Crippen molar-refractivity contribution in [2.24, 2.45) is 0 Å². The van der Waals surface area contributed by atoms with E-state index in [1.54, 1.807) is 0 Å². The zero-order chi connectivity index (χ0) is 12.5. The molecule has 2 aliphatic heterocycles. The zero-order valence-electron chi connectivity index (χ0n) is 10.6. The molecule has 0 radical (unpaired) electrons. The molecule has 1 aromatic carbocycles. The molecule has 0 aromatic heterocycles. The Morgan fingerprint density at radius 2 is 2.28 bits per heavy atom. The maximum Gasteiger partial charge on any atom is 0.256 e. The lowest BCUT2D eigenvalue weighted by atomic mass is 10.1. The second-order valence-electron chi connectivity index (χ2n) is 4.99. The molecule has 3 heteroatoms. The molecular weight excluding hydrogens is 224 g/mol. The largest absolute Gasteiger partial charge is 0.382 e. The molecule has 0 bridgehead atoms. The number of fused-ring (bicyclic) bond motifs is 2. The van der Waals surface area contributed by atoms with Gasteiger partial charge in [0, 0.05) is 18.8 Å². The third-order valence-corrected chi connectivity index (χ3v) is 3.75. The van der Waals surface area contributed by atoms with Gasteiger partial charge in [0.05, 0.1) is 11.6 Å². The van der Waals surface area contributed by atoms with E-state index < -0.39 is 0 Å². The molecule has 1 aromatic rings. The molecule has 1 atom stereocenters. The first-order valence-corrected chi connectivity index (χ1v) is 6.61. The van der Waals surface area contributed by atoms with Gasteiger partial charge in [-0.3, -0.25) is 4.79 Å². The highest BCUT2D eigenvalue weighted by molar-refractivity contribution is 6.00. The molecule has 1 amide bonds.